The zero-order valence-electron chi connectivity index (χ0n) is 14.6. The molecule has 2 amide bonds. The van der Waals surface area contributed by atoms with Crippen molar-refractivity contribution in [3.8, 4) is 11.5 Å². The summed E-state index contributed by atoms with van der Waals surface area (Å²) >= 11 is 0. The van der Waals surface area contributed by atoms with E-state index in [1.807, 2.05) is 6.07 Å². The summed E-state index contributed by atoms with van der Waals surface area (Å²) in [6, 6.07) is 8.91. The lowest BCUT2D eigenvalue weighted by Crippen LogP contribution is -2.39. The van der Waals surface area contributed by atoms with Gasteiger partial charge >= 0.3 is 0 Å². The standard InChI is InChI=1S/C18H22N2O5/c1-13(21)20(12-18(22)19-10-15-5-4-8-25-15)11-14-6-7-16(23-2)17(9-14)24-3/h4-9H,10-12H2,1-3H3,(H,19,22). The molecule has 0 saturated carbocycles. The Balaban J connectivity index is 1.98. The third-order valence-corrected chi connectivity index (χ3v) is 3.64. The Morgan fingerprint density at radius 2 is 1.92 bits per heavy atom. The smallest absolute Gasteiger partial charge is 0.240 e. The predicted octanol–water partition coefficient (Wildman–Crippen LogP) is 1.96. The van der Waals surface area contributed by atoms with Crippen LogP contribution in [0.25, 0.3) is 0 Å². The fraction of sp³-hybridized carbons (Fsp3) is 0.333. The molecular formula is C18H22N2O5. The van der Waals surface area contributed by atoms with Gasteiger partial charge in [0, 0.05) is 13.5 Å². The van der Waals surface area contributed by atoms with E-state index in [4.69, 9.17) is 13.9 Å². The summed E-state index contributed by atoms with van der Waals surface area (Å²) in [7, 11) is 3.11. The van der Waals surface area contributed by atoms with Crippen LogP contribution in [0.15, 0.2) is 41.0 Å². The Bertz CT molecular complexity index is 712. The predicted molar refractivity (Wildman–Crippen MR) is 91.2 cm³/mol. The Morgan fingerprint density at radius 1 is 1.16 bits per heavy atom. The highest BCUT2D eigenvalue weighted by Crippen LogP contribution is 2.28. The molecule has 0 bridgehead atoms. The largest absolute Gasteiger partial charge is 0.493 e. The molecule has 2 aromatic rings. The number of amides is 2. The molecule has 0 atom stereocenters. The van der Waals surface area contributed by atoms with E-state index in [-0.39, 0.29) is 24.9 Å². The van der Waals surface area contributed by atoms with Gasteiger partial charge in [-0.15, -0.1) is 0 Å². The number of furan rings is 1. The Labute approximate surface area is 146 Å². The summed E-state index contributed by atoms with van der Waals surface area (Å²) in [6.45, 7) is 1.97. The van der Waals surface area contributed by atoms with E-state index >= 15 is 0 Å². The normalized spacial score (nSPS) is 10.2. The topological polar surface area (TPSA) is 81.0 Å². The third-order valence-electron chi connectivity index (χ3n) is 3.64. The van der Waals surface area contributed by atoms with Gasteiger partial charge in [-0.3, -0.25) is 9.59 Å². The van der Waals surface area contributed by atoms with Crippen LogP contribution in [-0.4, -0.2) is 37.5 Å². The number of carbonyl (C=O) groups is 2. The van der Waals surface area contributed by atoms with Gasteiger partial charge in [-0.2, -0.15) is 0 Å². The third kappa shape index (κ3) is 5.27. The second kappa shape index (κ2) is 8.77. The number of nitrogens with zero attached hydrogens (tertiary/aromatic N) is 1. The minimum Gasteiger partial charge on any atom is -0.493 e. The molecule has 0 aliphatic rings. The molecule has 1 aromatic carbocycles. The van der Waals surface area contributed by atoms with Gasteiger partial charge in [0.25, 0.3) is 0 Å². The van der Waals surface area contributed by atoms with Crippen LogP contribution in [0.3, 0.4) is 0 Å². The summed E-state index contributed by atoms with van der Waals surface area (Å²) in [5.74, 6) is 1.39. The monoisotopic (exact) mass is 346 g/mol. The molecule has 7 heteroatoms. The van der Waals surface area contributed by atoms with Crippen molar-refractivity contribution in [1.82, 2.24) is 10.2 Å². The van der Waals surface area contributed by atoms with E-state index in [1.165, 1.54) is 11.8 Å². The molecule has 25 heavy (non-hydrogen) atoms. The fourth-order valence-corrected chi connectivity index (χ4v) is 2.31. The van der Waals surface area contributed by atoms with Crippen LogP contribution >= 0.6 is 0 Å². The number of hydrogen-bond acceptors (Lipinski definition) is 5. The molecule has 1 N–H and O–H groups in total. The number of hydrogen-bond donors (Lipinski definition) is 1. The molecule has 0 saturated heterocycles. The Kier molecular flexibility index (Phi) is 6.45. The van der Waals surface area contributed by atoms with Gasteiger partial charge in [-0.1, -0.05) is 6.07 Å². The average Bonchev–Trinajstić information content (AvgIpc) is 3.12. The van der Waals surface area contributed by atoms with E-state index in [1.54, 1.807) is 44.7 Å². The van der Waals surface area contributed by atoms with Crippen molar-refractivity contribution in [1.29, 1.82) is 0 Å². The van der Waals surface area contributed by atoms with Crippen LogP contribution < -0.4 is 14.8 Å². The maximum absolute atomic E-state index is 12.1. The minimum absolute atomic E-state index is 0.0373. The van der Waals surface area contributed by atoms with Crippen molar-refractivity contribution in [3.05, 3.63) is 47.9 Å². The van der Waals surface area contributed by atoms with Gasteiger partial charge in [0.2, 0.25) is 11.8 Å². The highest BCUT2D eigenvalue weighted by atomic mass is 16.5. The number of nitrogens with one attached hydrogen (secondary N) is 1. The van der Waals surface area contributed by atoms with E-state index in [0.717, 1.165) is 5.56 Å². The first-order valence-corrected chi connectivity index (χ1v) is 7.79. The molecule has 1 aromatic heterocycles. The lowest BCUT2D eigenvalue weighted by atomic mass is 10.2. The van der Waals surface area contributed by atoms with Gasteiger partial charge < -0.3 is 24.1 Å². The molecule has 0 radical (unpaired) electrons. The molecule has 0 aliphatic carbocycles. The maximum Gasteiger partial charge on any atom is 0.240 e. The fourth-order valence-electron chi connectivity index (χ4n) is 2.31. The first kappa shape index (κ1) is 18.4. The van der Waals surface area contributed by atoms with Crippen molar-refractivity contribution >= 4 is 11.8 Å². The molecule has 134 valence electrons. The van der Waals surface area contributed by atoms with Crippen molar-refractivity contribution in [2.45, 2.75) is 20.0 Å². The van der Waals surface area contributed by atoms with Crippen molar-refractivity contribution in [2.75, 3.05) is 20.8 Å². The zero-order chi connectivity index (χ0) is 18.2. The second-order valence-corrected chi connectivity index (χ2v) is 5.42. The molecule has 0 aliphatic heterocycles. The van der Waals surface area contributed by atoms with E-state index in [2.05, 4.69) is 5.32 Å². The molecule has 2 rings (SSSR count). The van der Waals surface area contributed by atoms with Crippen LogP contribution in [-0.2, 0) is 22.7 Å². The van der Waals surface area contributed by atoms with Crippen LogP contribution in [0.2, 0.25) is 0 Å². The number of methoxy groups -OCH3 is 2. The van der Waals surface area contributed by atoms with Gasteiger partial charge in [0.15, 0.2) is 11.5 Å². The number of ether oxygens (including phenoxy) is 2. The minimum atomic E-state index is -0.257. The maximum atomic E-state index is 12.1. The first-order chi connectivity index (χ1) is 12.0. The van der Waals surface area contributed by atoms with Crippen molar-refractivity contribution in [2.24, 2.45) is 0 Å². The highest BCUT2D eigenvalue weighted by Gasteiger charge is 2.15. The van der Waals surface area contributed by atoms with Crippen LogP contribution in [0, 0.1) is 0 Å². The van der Waals surface area contributed by atoms with Crippen LogP contribution in [0.1, 0.15) is 18.2 Å². The van der Waals surface area contributed by atoms with E-state index in [0.29, 0.717) is 23.8 Å². The number of benzene rings is 1. The van der Waals surface area contributed by atoms with E-state index < -0.39 is 0 Å². The summed E-state index contributed by atoms with van der Waals surface area (Å²) in [6.07, 6.45) is 1.54. The summed E-state index contributed by atoms with van der Waals surface area (Å²) < 4.78 is 15.6. The average molecular weight is 346 g/mol. The number of carbonyl (C=O) groups excluding carboxylic acids is 2. The van der Waals surface area contributed by atoms with Gasteiger partial charge in [0.05, 0.1) is 33.6 Å². The van der Waals surface area contributed by atoms with Crippen molar-refractivity contribution < 1.29 is 23.5 Å². The highest BCUT2D eigenvalue weighted by molar-refractivity contribution is 5.83. The summed E-state index contributed by atoms with van der Waals surface area (Å²) in [4.78, 5) is 25.4. The summed E-state index contributed by atoms with van der Waals surface area (Å²) in [5, 5.41) is 2.73. The first-order valence-electron chi connectivity index (χ1n) is 7.79. The van der Waals surface area contributed by atoms with Gasteiger partial charge in [-0.05, 0) is 29.8 Å². The lowest BCUT2D eigenvalue weighted by molar-refractivity contribution is -0.135. The second-order valence-electron chi connectivity index (χ2n) is 5.42. The van der Waals surface area contributed by atoms with Crippen molar-refractivity contribution in [3.63, 3.8) is 0 Å². The Hall–Kier alpha value is -2.96. The van der Waals surface area contributed by atoms with E-state index in [9.17, 15) is 9.59 Å². The molecule has 0 spiro atoms. The zero-order valence-corrected chi connectivity index (χ0v) is 14.6. The molecular weight excluding hydrogens is 324 g/mol. The van der Waals surface area contributed by atoms with Gasteiger partial charge in [-0.25, -0.2) is 0 Å². The van der Waals surface area contributed by atoms with Crippen LogP contribution in [0.4, 0.5) is 0 Å². The quantitative estimate of drug-likeness (QED) is 0.790. The Morgan fingerprint density at radius 3 is 2.52 bits per heavy atom. The number of rotatable bonds is 8. The van der Waals surface area contributed by atoms with Crippen LogP contribution in [0.5, 0.6) is 11.5 Å². The lowest BCUT2D eigenvalue weighted by Gasteiger charge is -2.21. The summed E-state index contributed by atoms with van der Waals surface area (Å²) in [5.41, 5.74) is 0.840. The van der Waals surface area contributed by atoms with Gasteiger partial charge in [0.1, 0.15) is 5.76 Å². The molecule has 0 fully saturated rings. The molecule has 0 unspecified atom stereocenters. The molecule has 7 nitrogen and oxygen atoms in total. The SMILES string of the molecule is COc1ccc(CN(CC(=O)NCc2ccco2)C(C)=O)cc1OC. The molecule has 1 heterocycles.